The zero-order valence-corrected chi connectivity index (χ0v) is 29.8. The zero-order chi connectivity index (χ0) is 35.6. The van der Waals surface area contributed by atoms with Gasteiger partial charge in [-0.15, -0.1) is 0 Å². The predicted molar refractivity (Wildman–Crippen MR) is 205 cm³/mol. The van der Waals surface area contributed by atoms with Crippen molar-refractivity contribution in [2.45, 2.75) is 44.1 Å². The van der Waals surface area contributed by atoms with Crippen LogP contribution in [0.3, 0.4) is 0 Å². The number of rotatable bonds is 3. The molecule has 258 valence electrons. The van der Waals surface area contributed by atoms with E-state index >= 15 is 4.39 Å². The molecule has 2 aliphatic carbocycles. The number of anilines is 1. The Balaban J connectivity index is 1.22. The molecule has 5 heteroatoms. The minimum atomic E-state index is -1.02. The smallest absolute Gasteiger partial charge is 0.178 e. The van der Waals surface area contributed by atoms with Crippen molar-refractivity contribution in [3.63, 3.8) is 0 Å². The first-order valence-corrected chi connectivity index (χ1v) is 18.2. The van der Waals surface area contributed by atoms with Crippen LogP contribution in [0, 0.1) is 11.6 Å². The highest BCUT2D eigenvalue weighted by molar-refractivity contribution is 6.08. The van der Waals surface area contributed by atoms with E-state index < -0.39 is 11.0 Å². The van der Waals surface area contributed by atoms with Gasteiger partial charge in [0.05, 0.1) is 13.2 Å². The molecule has 1 saturated heterocycles. The lowest BCUT2D eigenvalue weighted by Gasteiger charge is -2.39. The van der Waals surface area contributed by atoms with Crippen molar-refractivity contribution in [2.24, 2.45) is 0 Å². The number of hydrogen-bond donors (Lipinski definition) is 0. The summed E-state index contributed by atoms with van der Waals surface area (Å²) in [5.41, 5.74) is 11.3. The summed E-state index contributed by atoms with van der Waals surface area (Å²) in [6.45, 7) is 12.0. The van der Waals surface area contributed by atoms with Crippen LogP contribution in [-0.4, -0.2) is 26.3 Å². The van der Waals surface area contributed by atoms with Crippen molar-refractivity contribution in [1.29, 1.82) is 0 Å². The first-order valence-electron chi connectivity index (χ1n) is 18.2. The van der Waals surface area contributed by atoms with Gasteiger partial charge >= 0.3 is 0 Å². The normalized spacial score (nSPS) is 20.2. The van der Waals surface area contributed by atoms with Crippen LogP contribution >= 0.6 is 0 Å². The summed E-state index contributed by atoms with van der Waals surface area (Å²) in [4.78, 5) is 2.35. The van der Waals surface area contributed by atoms with Crippen LogP contribution in [0.2, 0.25) is 0 Å². The summed E-state index contributed by atoms with van der Waals surface area (Å²) in [7, 11) is 0. The summed E-state index contributed by atoms with van der Waals surface area (Å²) in [6, 6.07) is 34.1. The Kier molecular flexibility index (Phi) is 6.58. The van der Waals surface area contributed by atoms with E-state index in [-0.39, 0.29) is 17.0 Å². The first kappa shape index (κ1) is 31.5. The third kappa shape index (κ3) is 4.26. The molecule has 4 aliphatic rings. The second-order valence-corrected chi connectivity index (χ2v) is 15.7. The van der Waals surface area contributed by atoms with Crippen molar-refractivity contribution in [2.75, 3.05) is 31.2 Å². The lowest BCUT2D eigenvalue weighted by Crippen LogP contribution is -2.37. The van der Waals surface area contributed by atoms with E-state index in [0.29, 0.717) is 24.3 Å². The largest absolute Gasteiger partial charge is 0.472 e. The van der Waals surface area contributed by atoms with Gasteiger partial charge in [-0.25, -0.2) is 8.78 Å². The van der Waals surface area contributed by atoms with Gasteiger partial charge in [-0.3, -0.25) is 0 Å². The van der Waals surface area contributed by atoms with E-state index in [1.54, 1.807) is 12.1 Å². The van der Waals surface area contributed by atoms with E-state index in [1.807, 2.05) is 12.1 Å². The van der Waals surface area contributed by atoms with Gasteiger partial charge in [0.25, 0.3) is 0 Å². The fourth-order valence-corrected chi connectivity index (χ4v) is 9.58. The summed E-state index contributed by atoms with van der Waals surface area (Å²) in [6.07, 6.45) is 4.36. The summed E-state index contributed by atoms with van der Waals surface area (Å²) >= 11 is 0. The maximum absolute atomic E-state index is 15.3. The molecule has 1 unspecified atom stereocenters. The summed E-state index contributed by atoms with van der Waals surface area (Å²) in [5.74, 6) is 0.0381. The molecule has 2 heterocycles. The summed E-state index contributed by atoms with van der Waals surface area (Å²) < 4.78 is 43.3. The Morgan fingerprint density at radius 1 is 0.615 bits per heavy atom. The highest BCUT2D eigenvalue weighted by Gasteiger charge is 2.45. The third-order valence-corrected chi connectivity index (χ3v) is 12.2. The Bertz CT molecular complexity index is 2510. The second kappa shape index (κ2) is 10.9. The van der Waals surface area contributed by atoms with Gasteiger partial charge in [0.15, 0.2) is 5.60 Å². The molecule has 0 aromatic heterocycles. The highest BCUT2D eigenvalue weighted by atomic mass is 19.1. The van der Waals surface area contributed by atoms with Crippen LogP contribution in [0.25, 0.3) is 39.1 Å². The van der Waals surface area contributed by atoms with Crippen LogP contribution in [0.15, 0.2) is 109 Å². The van der Waals surface area contributed by atoms with Crippen molar-refractivity contribution >= 4 is 22.5 Å². The zero-order valence-electron chi connectivity index (χ0n) is 29.8. The number of benzene rings is 6. The molecule has 6 aromatic rings. The van der Waals surface area contributed by atoms with Gasteiger partial charge in [-0.1, -0.05) is 94.4 Å². The fraction of sp³-hybridized carbons (Fsp3) is 0.234. The van der Waals surface area contributed by atoms with Crippen LogP contribution in [0.4, 0.5) is 14.5 Å². The van der Waals surface area contributed by atoms with Crippen molar-refractivity contribution in [3.05, 3.63) is 160 Å². The molecule has 6 aromatic carbocycles. The standard InChI is InChI=1S/C47H39F2NO2/c1-45(2)39-8-6-5-7-33(39)34-16-11-29(25-40(34)45)47(28-9-14-32(15-10-28)50-21-23-51-24-22-50)20-19-37-43-42(35-17-12-30(48)26-38(35)44(37)52-47)36-18-13-31(49)27-41(36)46(43,3)4/h5-20,25-27H,21-24H2,1-4H3. The molecule has 3 nitrogen and oxygen atoms in total. The number of morpholine rings is 1. The molecule has 0 amide bonds. The molecule has 2 aliphatic heterocycles. The van der Waals surface area contributed by atoms with Crippen molar-refractivity contribution in [3.8, 4) is 28.0 Å². The van der Waals surface area contributed by atoms with E-state index in [2.05, 4.69) is 111 Å². The molecule has 1 fully saturated rings. The van der Waals surface area contributed by atoms with Gasteiger partial charge in [0.1, 0.15) is 17.4 Å². The van der Waals surface area contributed by atoms with Crippen molar-refractivity contribution in [1.82, 2.24) is 0 Å². The van der Waals surface area contributed by atoms with Crippen LogP contribution in [0.5, 0.6) is 5.75 Å². The second-order valence-electron chi connectivity index (χ2n) is 15.7. The monoisotopic (exact) mass is 687 g/mol. The van der Waals surface area contributed by atoms with E-state index in [1.165, 1.54) is 34.4 Å². The van der Waals surface area contributed by atoms with Gasteiger partial charge in [-0.05, 0) is 98.4 Å². The highest BCUT2D eigenvalue weighted by Crippen LogP contribution is 2.59. The Labute approximate surface area is 303 Å². The molecule has 52 heavy (non-hydrogen) atoms. The maximum Gasteiger partial charge on any atom is 0.178 e. The van der Waals surface area contributed by atoms with Crippen LogP contribution in [-0.2, 0) is 21.2 Å². The lowest BCUT2D eigenvalue weighted by atomic mass is 9.76. The topological polar surface area (TPSA) is 21.7 Å². The molecule has 0 spiro atoms. The van der Waals surface area contributed by atoms with Crippen LogP contribution < -0.4 is 9.64 Å². The summed E-state index contributed by atoms with van der Waals surface area (Å²) in [5, 5.41) is 1.60. The molecule has 0 N–H and O–H groups in total. The Morgan fingerprint density at radius 2 is 1.29 bits per heavy atom. The van der Waals surface area contributed by atoms with E-state index in [9.17, 15) is 4.39 Å². The number of fused-ring (bicyclic) bond motifs is 11. The Hall–Kier alpha value is -5.26. The van der Waals surface area contributed by atoms with Crippen molar-refractivity contribution < 1.29 is 18.3 Å². The average Bonchev–Trinajstić information content (AvgIpc) is 3.54. The predicted octanol–water partition coefficient (Wildman–Crippen LogP) is 10.9. The van der Waals surface area contributed by atoms with Crippen LogP contribution in [0.1, 0.15) is 66.6 Å². The average molecular weight is 688 g/mol. The molecule has 10 rings (SSSR count). The molecule has 0 saturated carbocycles. The van der Waals surface area contributed by atoms with Gasteiger partial charge < -0.3 is 14.4 Å². The molecular weight excluding hydrogens is 649 g/mol. The minimum Gasteiger partial charge on any atom is -0.472 e. The quantitative estimate of drug-likeness (QED) is 0.185. The van der Waals surface area contributed by atoms with E-state index in [0.717, 1.165) is 63.1 Å². The SMILES string of the molecule is CC1(C)c2ccccc2-c2ccc(C3(c4ccc(N5CCOCC5)cc4)C=Cc4c5c(c6ccc(F)cc6c4O3)-c3ccc(F)cc3C5(C)C)cc21. The van der Waals surface area contributed by atoms with Gasteiger partial charge in [-0.2, -0.15) is 0 Å². The fourth-order valence-electron chi connectivity index (χ4n) is 9.58. The van der Waals surface area contributed by atoms with E-state index in [4.69, 9.17) is 9.47 Å². The molecule has 1 atom stereocenters. The lowest BCUT2D eigenvalue weighted by molar-refractivity contribution is 0.122. The van der Waals surface area contributed by atoms with Gasteiger partial charge in [0.2, 0.25) is 0 Å². The molecule has 0 radical (unpaired) electrons. The number of halogens is 2. The first-order chi connectivity index (χ1) is 25.1. The minimum absolute atomic E-state index is 0.207. The van der Waals surface area contributed by atoms with Gasteiger partial charge in [0, 0.05) is 51.7 Å². The molecular formula is C47H39F2NO2. The number of ether oxygens (including phenoxy) is 2. The third-order valence-electron chi connectivity index (χ3n) is 12.2. The maximum atomic E-state index is 15.3. The number of hydrogen-bond acceptors (Lipinski definition) is 3. The Morgan fingerprint density at radius 3 is 2.10 bits per heavy atom. The molecule has 0 bridgehead atoms. The number of nitrogens with zero attached hydrogens (tertiary/aromatic N) is 1.